The fraction of sp³-hybridized carbons (Fsp3) is 0.333. The Balaban J connectivity index is 1.68. The first-order valence-corrected chi connectivity index (χ1v) is 12.6. The normalized spacial score (nSPS) is 16.5. The predicted molar refractivity (Wildman–Crippen MR) is 141 cm³/mol. The standard InChI is InChI=1S/C27H29N5O7/c28-22(33)13-12-19(26(37)38)29-23(34)20-11-6-14-31(20)25(36)21(15-16-7-2-1-3-8-16)32-24(35)17-9-4-5-10-18(17)30-27(32)39/h1-5,7-10,19-21H,6,11-15H2,(H2,28,33)(H,29,34)(H,30,39)(H,37,38)/t19-,20-,21-/m0/s1. The Morgan fingerprint density at radius 3 is 2.44 bits per heavy atom. The molecule has 4 rings (SSSR count). The zero-order chi connectivity index (χ0) is 28.1. The van der Waals surface area contributed by atoms with Gasteiger partial charge in [0.25, 0.3) is 5.56 Å². The maximum absolute atomic E-state index is 14.0. The minimum absolute atomic E-state index is 0.0161. The molecular formula is C27H29N5O7. The summed E-state index contributed by atoms with van der Waals surface area (Å²) >= 11 is 0. The Morgan fingerprint density at radius 2 is 1.74 bits per heavy atom. The van der Waals surface area contributed by atoms with Crippen molar-refractivity contribution in [3.05, 3.63) is 81.0 Å². The van der Waals surface area contributed by atoms with Crippen LogP contribution in [-0.4, -0.2) is 61.9 Å². The maximum Gasteiger partial charge on any atom is 0.329 e. The highest BCUT2D eigenvalue weighted by Crippen LogP contribution is 2.24. The molecule has 0 aliphatic carbocycles. The quantitative estimate of drug-likeness (QED) is 0.287. The van der Waals surface area contributed by atoms with Crippen molar-refractivity contribution in [3.8, 4) is 0 Å². The minimum Gasteiger partial charge on any atom is -0.480 e. The van der Waals surface area contributed by atoms with Gasteiger partial charge in [-0.2, -0.15) is 0 Å². The molecule has 204 valence electrons. The van der Waals surface area contributed by atoms with Gasteiger partial charge in [0.15, 0.2) is 0 Å². The van der Waals surface area contributed by atoms with Crippen LogP contribution in [0.15, 0.2) is 64.2 Å². The first-order valence-electron chi connectivity index (χ1n) is 12.6. The number of nitrogens with two attached hydrogens (primary N) is 1. The van der Waals surface area contributed by atoms with Crippen LogP contribution in [0.3, 0.4) is 0 Å². The van der Waals surface area contributed by atoms with Crippen LogP contribution < -0.4 is 22.3 Å². The van der Waals surface area contributed by atoms with Crippen LogP contribution >= 0.6 is 0 Å². The van der Waals surface area contributed by atoms with Gasteiger partial charge in [0.2, 0.25) is 17.7 Å². The van der Waals surface area contributed by atoms with E-state index in [1.54, 1.807) is 54.6 Å². The summed E-state index contributed by atoms with van der Waals surface area (Å²) in [5.74, 6) is -3.35. The summed E-state index contributed by atoms with van der Waals surface area (Å²) in [7, 11) is 0. The van der Waals surface area contributed by atoms with Crippen molar-refractivity contribution in [2.24, 2.45) is 5.73 Å². The summed E-state index contributed by atoms with van der Waals surface area (Å²) in [5, 5.41) is 12.1. The van der Waals surface area contributed by atoms with Crippen LogP contribution in [0.5, 0.6) is 0 Å². The van der Waals surface area contributed by atoms with Crippen molar-refractivity contribution in [3.63, 3.8) is 0 Å². The number of carboxylic acids is 1. The molecule has 1 fully saturated rings. The molecule has 2 aromatic carbocycles. The van der Waals surface area contributed by atoms with Gasteiger partial charge in [0.1, 0.15) is 18.1 Å². The molecule has 12 heteroatoms. The lowest BCUT2D eigenvalue weighted by Gasteiger charge is -2.29. The van der Waals surface area contributed by atoms with Gasteiger partial charge in [-0.1, -0.05) is 42.5 Å². The van der Waals surface area contributed by atoms with Crippen molar-refractivity contribution in [1.82, 2.24) is 19.8 Å². The van der Waals surface area contributed by atoms with E-state index in [0.717, 1.165) is 4.57 Å². The summed E-state index contributed by atoms with van der Waals surface area (Å²) in [6.45, 7) is 0.182. The fourth-order valence-corrected chi connectivity index (χ4v) is 4.89. The highest BCUT2D eigenvalue weighted by atomic mass is 16.4. The fourth-order valence-electron chi connectivity index (χ4n) is 4.89. The molecule has 0 bridgehead atoms. The number of aromatic amines is 1. The van der Waals surface area contributed by atoms with Gasteiger partial charge in [-0.25, -0.2) is 14.2 Å². The van der Waals surface area contributed by atoms with Gasteiger partial charge >= 0.3 is 11.7 Å². The third-order valence-corrected chi connectivity index (χ3v) is 6.84. The number of benzene rings is 2. The maximum atomic E-state index is 14.0. The number of rotatable bonds is 10. The van der Waals surface area contributed by atoms with Crippen LogP contribution in [0.1, 0.15) is 37.3 Å². The summed E-state index contributed by atoms with van der Waals surface area (Å²) in [6.07, 6.45) is 0.305. The molecule has 12 nitrogen and oxygen atoms in total. The SMILES string of the molecule is NC(=O)CC[C@H](NC(=O)[C@@H]1CCCN1C(=O)[C@H](Cc1ccccc1)n1c(=O)[nH]c2ccccc2c1=O)C(=O)O. The number of carbonyl (C=O) groups is 4. The number of aliphatic carboxylic acids is 1. The molecule has 2 heterocycles. The molecule has 0 radical (unpaired) electrons. The zero-order valence-corrected chi connectivity index (χ0v) is 21.0. The zero-order valence-electron chi connectivity index (χ0n) is 21.0. The smallest absolute Gasteiger partial charge is 0.329 e. The molecule has 0 saturated carbocycles. The minimum atomic E-state index is -1.37. The van der Waals surface area contributed by atoms with E-state index in [1.807, 2.05) is 0 Å². The summed E-state index contributed by atoms with van der Waals surface area (Å²) in [4.78, 5) is 80.4. The lowest BCUT2D eigenvalue weighted by Crippen LogP contribution is -2.53. The van der Waals surface area contributed by atoms with Crippen molar-refractivity contribution >= 4 is 34.6 Å². The monoisotopic (exact) mass is 535 g/mol. The number of carbonyl (C=O) groups excluding carboxylic acids is 3. The predicted octanol–water partition coefficient (Wildman–Crippen LogP) is 0.300. The molecule has 3 aromatic rings. The first kappa shape index (κ1) is 27.3. The van der Waals surface area contributed by atoms with E-state index >= 15 is 0 Å². The van der Waals surface area contributed by atoms with Crippen LogP contribution in [0.2, 0.25) is 0 Å². The Morgan fingerprint density at radius 1 is 1.05 bits per heavy atom. The average Bonchev–Trinajstić information content (AvgIpc) is 3.40. The van der Waals surface area contributed by atoms with Gasteiger partial charge in [0.05, 0.1) is 10.9 Å². The molecule has 1 saturated heterocycles. The number of amides is 3. The summed E-state index contributed by atoms with van der Waals surface area (Å²) in [5.41, 5.74) is 4.76. The number of nitrogens with one attached hydrogen (secondary N) is 2. The molecule has 5 N–H and O–H groups in total. The van der Waals surface area contributed by atoms with Crippen LogP contribution in [-0.2, 0) is 25.6 Å². The third-order valence-electron chi connectivity index (χ3n) is 6.84. The number of aromatic nitrogens is 2. The van der Waals surface area contributed by atoms with E-state index in [0.29, 0.717) is 17.5 Å². The molecule has 39 heavy (non-hydrogen) atoms. The molecule has 3 atom stereocenters. The van der Waals surface area contributed by atoms with Gasteiger partial charge in [-0.3, -0.25) is 19.2 Å². The lowest BCUT2D eigenvalue weighted by atomic mass is 10.0. The number of hydrogen-bond donors (Lipinski definition) is 4. The second-order valence-corrected chi connectivity index (χ2v) is 9.45. The van der Waals surface area contributed by atoms with E-state index in [9.17, 15) is 33.9 Å². The van der Waals surface area contributed by atoms with Gasteiger partial charge in [-0.15, -0.1) is 0 Å². The van der Waals surface area contributed by atoms with E-state index in [2.05, 4.69) is 10.3 Å². The highest BCUT2D eigenvalue weighted by Gasteiger charge is 2.40. The van der Waals surface area contributed by atoms with Gasteiger partial charge in [-0.05, 0) is 37.0 Å². The number of H-pyrrole nitrogens is 1. The van der Waals surface area contributed by atoms with E-state index in [-0.39, 0.29) is 37.6 Å². The van der Waals surface area contributed by atoms with Crippen molar-refractivity contribution in [2.75, 3.05) is 6.54 Å². The second-order valence-electron chi connectivity index (χ2n) is 9.45. The Labute approximate surface area is 222 Å². The second kappa shape index (κ2) is 11.8. The lowest BCUT2D eigenvalue weighted by molar-refractivity contribution is -0.145. The number of para-hydroxylation sites is 1. The van der Waals surface area contributed by atoms with Crippen molar-refractivity contribution in [1.29, 1.82) is 0 Å². The largest absolute Gasteiger partial charge is 0.480 e. The molecule has 1 aromatic heterocycles. The van der Waals surface area contributed by atoms with E-state index < -0.39 is 53.1 Å². The first-order chi connectivity index (χ1) is 18.7. The van der Waals surface area contributed by atoms with Gasteiger partial charge < -0.3 is 26.0 Å². The molecule has 0 spiro atoms. The number of hydrogen-bond acceptors (Lipinski definition) is 6. The van der Waals surface area contributed by atoms with Crippen LogP contribution in [0.4, 0.5) is 0 Å². The number of fused-ring (bicyclic) bond motifs is 1. The topological polar surface area (TPSA) is 185 Å². The van der Waals surface area contributed by atoms with Crippen LogP contribution in [0, 0.1) is 0 Å². The van der Waals surface area contributed by atoms with E-state index in [1.165, 1.54) is 4.90 Å². The molecule has 1 aliphatic heterocycles. The highest BCUT2D eigenvalue weighted by molar-refractivity contribution is 5.92. The molecular weight excluding hydrogens is 506 g/mol. The van der Waals surface area contributed by atoms with Crippen molar-refractivity contribution < 1.29 is 24.3 Å². The Hall–Kier alpha value is -4.74. The summed E-state index contributed by atoms with van der Waals surface area (Å²) < 4.78 is 0.887. The van der Waals surface area contributed by atoms with E-state index in [4.69, 9.17) is 5.73 Å². The number of primary amides is 1. The number of carboxylic acid groups (broad SMARTS) is 1. The van der Waals surface area contributed by atoms with Gasteiger partial charge in [0, 0.05) is 19.4 Å². The number of likely N-dealkylation sites (tertiary alicyclic amines) is 1. The molecule has 1 aliphatic rings. The number of nitrogens with zero attached hydrogens (tertiary/aromatic N) is 2. The molecule has 3 amide bonds. The third kappa shape index (κ3) is 6.06. The molecule has 0 unspecified atom stereocenters. The Bertz CT molecular complexity index is 1510. The van der Waals surface area contributed by atoms with Crippen LogP contribution in [0.25, 0.3) is 10.9 Å². The average molecular weight is 536 g/mol. The van der Waals surface area contributed by atoms with Crippen molar-refractivity contribution in [2.45, 2.75) is 50.2 Å². The summed E-state index contributed by atoms with van der Waals surface area (Å²) in [6, 6.07) is 11.7. The Kier molecular flexibility index (Phi) is 8.23.